The van der Waals surface area contributed by atoms with Crippen molar-refractivity contribution in [2.45, 2.75) is 17.9 Å². The lowest BCUT2D eigenvalue weighted by molar-refractivity contribution is 0.0730. The van der Waals surface area contributed by atoms with Crippen molar-refractivity contribution in [3.05, 3.63) is 87.4 Å². The van der Waals surface area contributed by atoms with E-state index in [9.17, 15) is 17.6 Å². The Hall–Kier alpha value is -2.59. The highest BCUT2D eigenvalue weighted by molar-refractivity contribution is 7.89. The van der Waals surface area contributed by atoms with Crippen LogP contribution in [0, 0.1) is 12.7 Å². The number of benzene rings is 2. The molecule has 9 heteroatoms. The Bertz CT molecular complexity index is 1190. The van der Waals surface area contributed by atoms with Gasteiger partial charge in [0.25, 0.3) is 5.91 Å². The highest BCUT2D eigenvalue weighted by atomic mass is 32.2. The summed E-state index contributed by atoms with van der Waals surface area (Å²) < 4.78 is 46.1. The molecule has 0 bridgehead atoms. The Morgan fingerprint density at radius 1 is 1.12 bits per heavy atom. The first kappa shape index (κ1) is 22.6. The zero-order valence-corrected chi connectivity index (χ0v) is 19.1. The van der Waals surface area contributed by atoms with E-state index in [1.165, 1.54) is 39.9 Å². The van der Waals surface area contributed by atoms with Crippen molar-refractivity contribution < 1.29 is 22.3 Å². The molecule has 2 aromatic carbocycles. The number of hydrogen-bond acceptors (Lipinski definition) is 5. The highest BCUT2D eigenvalue weighted by Crippen LogP contribution is 2.28. The minimum absolute atomic E-state index is 0.0737. The fraction of sp³-hybridized carbons (Fsp3) is 0.261. The molecule has 1 aromatic heterocycles. The van der Waals surface area contributed by atoms with Gasteiger partial charge in [0, 0.05) is 23.5 Å². The zero-order chi connectivity index (χ0) is 22.7. The second kappa shape index (κ2) is 9.50. The molecule has 3 aromatic rings. The van der Waals surface area contributed by atoms with Crippen molar-refractivity contribution in [2.24, 2.45) is 0 Å². The van der Waals surface area contributed by atoms with Crippen LogP contribution in [0.4, 0.5) is 4.39 Å². The summed E-state index contributed by atoms with van der Waals surface area (Å²) in [7, 11) is -3.73. The van der Waals surface area contributed by atoms with E-state index in [2.05, 4.69) is 5.32 Å². The molecule has 32 heavy (non-hydrogen) atoms. The van der Waals surface area contributed by atoms with Gasteiger partial charge >= 0.3 is 0 Å². The molecule has 0 aliphatic carbocycles. The molecule has 0 spiro atoms. The molecule has 4 rings (SSSR count). The maximum absolute atomic E-state index is 13.4. The normalized spacial score (nSPS) is 15.9. The number of nitrogens with zero attached hydrogens (tertiary/aromatic N) is 1. The SMILES string of the molecule is Cc1ccc(S(=O)(=O)N2CCOCC2)cc1C(=O)N[C@H](c1ccc(F)cc1)c1cccs1. The van der Waals surface area contributed by atoms with Gasteiger partial charge in [0.2, 0.25) is 10.0 Å². The number of sulfonamides is 1. The number of hydrogen-bond donors (Lipinski definition) is 1. The fourth-order valence-electron chi connectivity index (χ4n) is 3.58. The molecule has 0 unspecified atom stereocenters. The van der Waals surface area contributed by atoms with E-state index in [0.29, 0.717) is 18.8 Å². The molecular weight excluding hydrogens is 451 g/mol. The molecule has 6 nitrogen and oxygen atoms in total. The molecule has 1 amide bonds. The second-order valence-corrected chi connectivity index (χ2v) is 10.4. The van der Waals surface area contributed by atoms with Crippen LogP contribution in [0.5, 0.6) is 0 Å². The van der Waals surface area contributed by atoms with Gasteiger partial charge in [-0.3, -0.25) is 4.79 Å². The number of nitrogens with one attached hydrogen (secondary N) is 1. The molecule has 0 saturated carbocycles. The third-order valence-electron chi connectivity index (χ3n) is 5.37. The van der Waals surface area contributed by atoms with Gasteiger partial charge in [-0.1, -0.05) is 24.3 Å². The number of ether oxygens (including phenoxy) is 1. The number of carbonyl (C=O) groups is 1. The summed E-state index contributed by atoms with van der Waals surface area (Å²) in [5.41, 5.74) is 1.67. The smallest absolute Gasteiger partial charge is 0.252 e. The fourth-order valence-corrected chi connectivity index (χ4v) is 5.82. The molecule has 1 saturated heterocycles. The van der Waals surface area contributed by atoms with Gasteiger partial charge < -0.3 is 10.1 Å². The number of morpholine rings is 1. The van der Waals surface area contributed by atoms with E-state index in [0.717, 1.165) is 10.4 Å². The van der Waals surface area contributed by atoms with Crippen molar-refractivity contribution in [2.75, 3.05) is 26.3 Å². The van der Waals surface area contributed by atoms with Crippen LogP contribution in [0.15, 0.2) is 64.9 Å². The molecule has 0 radical (unpaired) electrons. The summed E-state index contributed by atoms with van der Waals surface area (Å²) in [5, 5.41) is 4.89. The lowest BCUT2D eigenvalue weighted by Gasteiger charge is -2.26. The zero-order valence-electron chi connectivity index (χ0n) is 17.5. The highest BCUT2D eigenvalue weighted by Gasteiger charge is 2.28. The van der Waals surface area contributed by atoms with Crippen LogP contribution in [0.3, 0.4) is 0 Å². The molecule has 1 N–H and O–H groups in total. The summed E-state index contributed by atoms with van der Waals surface area (Å²) >= 11 is 1.47. The van der Waals surface area contributed by atoms with Gasteiger partial charge in [-0.05, 0) is 53.8 Å². The van der Waals surface area contributed by atoms with Crippen LogP contribution >= 0.6 is 11.3 Å². The van der Waals surface area contributed by atoms with E-state index < -0.39 is 22.0 Å². The van der Waals surface area contributed by atoms with Gasteiger partial charge in [0.15, 0.2) is 0 Å². The Morgan fingerprint density at radius 2 is 1.84 bits per heavy atom. The van der Waals surface area contributed by atoms with E-state index in [-0.39, 0.29) is 29.4 Å². The standard InChI is InChI=1S/C23H23FN2O4S2/c1-16-4-9-19(32(28,29)26-10-12-30-13-11-26)15-20(16)23(27)25-22(21-3-2-14-31-21)17-5-7-18(24)8-6-17/h2-9,14-15,22H,10-13H2,1H3,(H,25,27)/t22-/m1/s1. The number of amides is 1. The van der Waals surface area contributed by atoms with Crippen LogP contribution in [0.1, 0.15) is 32.4 Å². The van der Waals surface area contributed by atoms with E-state index in [1.54, 1.807) is 25.1 Å². The first-order chi connectivity index (χ1) is 15.4. The first-order valence-electron chi connectivity index (χ1n) is 10.1. The molecular formula is C23H23FN2O4S2. The number of thiophene rings is 1. The van der Waals surface area contributed by atoms with Crippen molar-refractivity contribution >= 4 is 27.3 Å². The van der Waals surface area contributed by atoms with Crippen LogP contribution in [0.2, 0.25) is 0 Å². The molecule has 1 fully saturated rings. The maximum atomic E-state index is 13.4. The first-order valence-corrected chi connectivity index (χ1v) is 12.5. The predicted octanol–water partition coefficient (Wildman–Crippen LogP) is 3.74. The lowest BCUT2D eigenvalue weighted by atomic mass is 10.0. The van der Waals surface area contributed by atoms with Gasteiger partial charge in [0.05, 0.1) is 24.2 Å². The van der Waals surface area contributed by atoms with Gasteiger partial charge in [-0.2, -0.15) is 4.31 Å². The Balaban J connectivity index is 1.64. The van der Waals surface area contributed by atoms with Gasteiger partial charge in [0.1, 0.15) is 5.82 Å². The molecule has 1 aliphatic heterocycles. The summed E-state index contributed by atoms with van der Waals surface area (Å²) in [5.74, 6) is -0.758. The number of carbonyl (C=O) groups excluding carboxylic acids is 1. The van der Waals surface area contributed by atoms with Crippen molar-refractivity contribution in [3.63, 3.8) is 0 Å². The minimum atomic E-state index is -3.73. The molecule has 2 heterocycles. The van der Waals surface area contributed by atoms with Gasteiger partial charge in [-0.25, -0.2) is 12.8 Å². The van der Waals surface area contributed by atoms with E-state index in [4.69, 9.17) is 4.74 Å². The maximum Gasteiger partial charge on any atom is 0.252 e. The van der Waals surface area contributed by atoms with Crippen molar-refractivity contribution in [1.82, 2.24) is 9.62 Å². The molecule has 168 valence electrons. The van der Waals surface area contributed by atoms with E-state index >= 15 is 0 Å². The summed E-state index contributed by atoms with van der Waals surface area (Å²) in [6.07, 6.45) is 0. The van der Waals surface area contributed by atoms with Crippen molar-refractivity contribution in [3.8, 4) is 0 Å². The number of aryl methyl sites for hydroxylation is 1. The third-order valence-corrected chi connectivity index (χ3v) is 8.20. The molecule has 1 aliphatic rings. The third kappa shape index (κ3) is 4.75. The Labute approximate surface area is 190 Å². The number of halogens is 1. The minimum Gasteiger partial charge on any atom is -0.379 e. The second-order valence-electron chi connectivity index (χ2n) is 7.47. The van der Waals surface area contributed by atoms with E-state index in [1.807, 2.05) is 17.5 Å². The van der Waals surface area contributed by atoms with Crippen LogP contribution in [-0.4, -0.2) is 44.9 Å². The molecule has 1 atom stereocenters. The monoisotopic (exact) mass is 474 g/mol. The largest absolute Gasteiger partial charge is 0.379 e. The van der Waals surface area contributed by atoms with Crippen LogP contribution < -0.4 is 5.32 Å². The summed E-state index contributed by atoms with van der Waals surface area (Å²) in [6, 6.07) is 13.8. The average Bonchev–Trinajstić information content (AvgIpc) is 3.33. The number of rotatable bonds is 6. The summed E-state index contributed by atoms with van der Waals surface area (Å²) in [4.78, 5) is 14.2. The van der Waals surface area contributed by atoms with Crippen LogP contribution in [0.25, 0.3) is 0 Å². The average molecular weight is 475 g/mol. The quantitative estimate of drug-likeness (QED) is 0.591. The topological polar surface area (TPSA) is 75.7 Å². The van der Waals surface area contributed by atoms with Crippen LogP contribution in [-0.2, 0) is 14.8 Å². The summed E-state index contributed by atoms with van der Waals surface area (Å²) in [6.45, 7) is 3.01. The van der Waals surface area contributed by atoms with Gasteiger partial charge in [-0.15, -0.1) is 11.3 Å². The predicted molar refractivity (Wildman–Crippen MR) is 121 cm³/mol. The lowest BCUT2D eigenvalue weighted by Crippen LogP contribution is -2.40. The Morgan fingerprint density at radius 3 is 2.50 bits per heavy atom. The van der Waals surface area contributed by atoms with Crippen molar-refractivity contribution in [1.29, 1.82) is 0 Å². The Kier molecular flexibility index (Phi) is 6.71.